The van der Waals surface area contributed by atoms with E-state index in [1.165, 1.54) is 4.90 Å². The normalized spacial score (nSPS) is 22.8. The van der Waals surface area contributed by atoms with Crippen LogP contribution in [0.4, 0.5) is 0 Å². The highest BCUT2D eigenvalue weighted by Gasteiger charge is 2.35. The molecule has 1 heterocycles. The van der Waals surface area contributed by atoms with E-state index in [1.54, 1.807) is 0 Å². The molecular formula is C13H24N2O3. The van der Waals surface area contributed by atoms with E-state index in [0.717, 1.165) is 25.7 Å². The molecule has 0 spiro atoms. The number of hydrogen-bond acceptors (Lipinski definition) is 3. The third kappa shape index (κ3) is 3.98. The van der Waals surface area contributed by atoms with Crippen molar-refractivity contribution < 1.29 is 14.7 Å². The van der Waals surface area contributed by atoms with E-state index >= 15 is 0 Å². The van der Waals surface area contributed by atoms with Crippen molar-refractivity contribution in [2.75, 3.05) is 6.54 Å². The monoisotopic (exact) mass is 256 g/mol. The van der Waals surface area contributed by atoms with Gasteiger partial charge in [0.2, 0.25) is 5.91 Å². The molecule has 1 rings (SSSR count). The number of nitrogens with two attached hydrogens (primary N) is 1. The fourth-order valence-corrected chi connectivity index (χ4v) is 2.44. The van der Waals surface area contributed by atoms with Gasteiger partial charge in [-0.25, -0.2) is 4.79 Å². The van der Waals surface area contributed by atoms with Crippen LogP contribution in [0, 0.1) is 5.92 Å². The third-order valence-electron chi connectivity index (χ3n) is 3.54. The number of likely N-dealkylation sites (tertiary alicyclic amines) is 1. The summed E-state index contributed by atoms with van der Waals surface area (Å²) in [5.41, 5.74) is 5.67. The van der Waals surface area contributed by atoms with Crippen LogP contribution < -0.4 is 5.73 Å². The first-order chi connectivity index (χ1) is 8.43. The first-order valence-corrected chi connectivity index (χ1v) is 6.72. The fourth-order valence-electron chi connectivity index (χ4n) is 2.44. The highest BCUT2D eigenvalue weighted by molar-refractivity contribution is 5.85. The Morgan fingerprint density at radius 3 is 2.61 bits per heavy atom. The topological polar surface area (TPSA) is 83.6 Å². The molecule has 0 aliphatic carbocycles. The number of carbonyl (C=O) groups is 2. The molecule has 5 heteroatoms. The van der Waals surface area contributed by atoms with Crippen molar-refractivity contribution in [1.29, 1.82) is 0 Å². The molecular weight excluding hydrogens is 232 g/mol. The molecule has 0 aromatic heterocycles. The van der Waals surface area contributed by atoms with Crippen LogP contribution in [0.1, 0.15) is 46.0 Å². The minimum Gasteiger partial charge on any atom is -0.480 e. The smallest absolute Gasteiger partial charge is 0.326 e. The molecule has 1 aliphatic rings. The number of aliphatic carboxylic acids is 1. The van der Waals surface area contributed by atoms with E-state index in [2.05, 4.69) is 0 Å². The van der Waals surface area contributed by atoms with Crippen molar-refractivity contribution >= 4 is 11.9 Å². The van der Waals surface area contributed by atoms with Crippen LogP contribution in [0.25, 0.3) is 0 Å². The lowest BCUT2D eigenvalue weighted by molar-refractivity contribution is -0.149. The number of amides is 1. The van der Waals surface area contributed by atoms with Gasteiger partial charge in [-0.3, -0.25) is 4.79 Å². The number of carboxylic acids is 1. The molecule has 0 saturated carbocycles. The minimum absolute atomic E-state index is 0.0235. The average molecular weight is 256 g/mol. The Kier molecular flexibility index (Phi) is 5.59. The molecule has 0 bridgehead atoms. The Bertz CT molecular complexity index is 305. The number of nitrogens with zero attached hydrogens (tertiary/aromatic N) is 1. The van der Waals surface area contributed by atoms with E-state index in [-0.39, 0.29) is 17.9 Å². The average Bonchev–Trinajstić information content (AvgIpc) is 2.76. The Labute approximate surface area is 108 Å². The maximum atomic E-state index is 12.2. The molecule has 18 heavy (non-hydrogen) atoms. The van der Waals surface area contributed by atoms with E-state index in [0.29, 0.717) is 13.0 Å². The highest BCUT2D eigenvalue weighted by atomic mass is 16.4. The molecule has 1 aliphatic heterocycles. The summed E-state index contributed by atoms with van der Waals surface area (Å²) >= 11 is 0. The Morgan fingerprint density at radius 2 is 2.06 bits per heavy atom. The van der Waals surface area contributed by atoms with Gasteiger partial charge in [-0.05, 0) is 32.6 Å². The molecule has 5 nitrogen and oxygen atoms in total. The Hall–Kier alpha value is -1.10. The van der Waals surface area contributed by atoms with Gasteiger partial charge in [0.25, 0.3) is 0 Å². The molecule has 0 aromatic carbocycles. The zero-order valence-electron chi connectivity index (χ0n) is 11.3. The van der Waals surface area contributed by atoms with E-state index < -0.39 is 12.0 Å². The van der Waals surface area contributed by atoms with Gasteiger partial charge >= 0.3 is 5.97 Å². The van der Waals surface area contributed by atoms with E-state index in [4.69, 9.17) is 10.8 Å². The molecule has 0 radical (unpaired) electrons. The predicted molar refractivity (Wildman–Crippen MR) is 69.0 cm³/mol. The molecule has 1 fully saturated rings. The number of rotatable bonds is 6. The third-order valence-corrected chi connectivity index (χ3v) is 3.54. The molecule has 0 aromatic rings. The summed E-state index contributed by atoms with van der Waals surface area (Å²) in [7, 11) is 0. The van der Waals surface area contributed by atoms with Gasteiger partial charge in [0, 0.05) is 18.5 Å². The standard InChI is InChI=1S/C13H24N2O3/c1-9(5-3-6-10(2)14)12(16)15-8-4-7-11(15)13(17)18/h9-11H,3-8,14H2,1-2H3,(H,17,18). The molecule has 104 valence electrons. The van der Waals surface area contributed by atoms with Crippen LogP contribution in [0.15, 0.2) is 0 Å². The number of carboxylic acid groups (broad SMARTS) is 1. The summed E-state index contributed by atoms with van der Waals surface area (Å²) in [5.74, 6) is -1.02. The second-order valence-corrected chi connectivity index (χ2v) is 5.34. The predicted octanol–water partition coefficient (Wildman–Crippen LogP) is 1.22. The summed E-state index contributed by atoms with van der Waals surface area (Å²) in [6, 6.07) is -0.459. The van der Waals surface area contributed by atoms with Gasteiger partial charge in [-0.1, -0.05) is 13.3 Å². The zero-order valence-corrected chi connectivity index (χ0v) is 11.3. The zero-order chi connectivity index (χ0) is 13.7. The summed E-state index contributed by atoms with van der Waals surface area (Å²) in [6.45, 7) is 4.40. The highest BCUT2D eigenvalue weighted by Crippen LogP contribution is 2.22. The quantitative estimate of drug-likeness (QED) is 0.748. The molecule has 3 atom stereocenters. The van der Waals surface area contributed by atoms with E-state index in [1.807, 2.05) is 13.8 Å². The van der Waals surface area contributed by atoms with Crippen LogP contribution >= 0.6 is 0 Å². The van der Waals surface area contributed by atoms with Crippen LogP contribution in [0.3, 0.4) is 0 Å². The Balaban J connectivity index is 2.45. The van der Waals surface area contributed by atoms with Crippen molar-refractivity contribution in [3.63, 3.8) is 0 Å². The van der Waals surface area contributed by atoms with Crippen LogP contribution in [0.5, 0.6) is 0 Å². The van der Waals surface area contributed by atoms with Crippen molar-refractivity contribution in [3.8, 4) is 0 Å². The molecule has 3 unspecified atom stereocenters. The number of carbonyl (C=O) groups excluding carboxylic acids is 1. The Morgan fingerprint density at radius 1 is 1.39 bits per heavy atom. The fraction of sp³-hybridized carbons (Fsp3) is 0.846. The largest absolute Gasteiger partial charge is 0.480 e. The second kappa shape index (κ2) is 6.73. The molecule has 1 saturated heterocycles. The number of hydrogen-bond donors (Lipinski definition) is 2. The first-order valence-electron chi connectivity index (χ1n) is 6.72. The van der Waals surface area contributed by atoms with Gasteiger partial charge in [0.1, 0.15) is 6.04 Å². The minimum atomic E-state index is -0.886. The van der Waals surface area contributed by atoms with Crippen molar-refractivity contribution in [2.24, 2.45) is 11.7 Å². The van der Waals surface area contributed by atoms with Gasteiger partial charge < -0.3 is 15.7 Å². The lowest BCUT2D eigenvalue weighted by atomic mass is 10.0. The summed E-state index contributed by atoms with van der Waals surface area (Å²) < 4.78 is 0. The van der Waals surface area contributed by atoms with Gasteiger partial charge in [0.05, 0.1) is 0 Å². The van der Waals surface area contributed by atoms with Gasteiger partial charge in [-0.2, -0.15) is 0 Å². The van der Waals surface area contributed by atoms with Crippen molar-refractivity contribution in [1.82, 2.24) is 4.90 Å². The lowest BCUT2D eigenvalue weighted by Gasteiger charge is -2.25. The first kappa shape index (κ1) is 15.0. The maximum absolute atomic E-state index is 12.2. The summed E-state index contributed by atoms with van der Waals surface area (Å²) in [5, 5.41) is 9.05. The maximum Gasteiger partial charge on any atom is 0.326 e. The molecule has 1 amide bonds. The summed E-state index contributed by atoms with van der Waals surface area (Å²) in [4.78, 5) is 24.7. The summed E-state index contributed by atoms with van der Waals surface area (Å²) in [6.07, 6.45) is 3.96. The molecule has 3 N–H and O–H groups in total. The van der Waals surface area contributed by atoms with Crippen LogP contribution in [0.2, 0.25) is 0 Å². The SMILES string of the molecule is CC(N)CCCC(C)C(=O)N1CCCC1C(=O)O. The van der Waals surface area contributed by atoms with Crippen molar-refractivity contribution in [2.45, 2.75) is 58.0 Å². The van der Waals surface area contributed by atoms with Gasteiger partial charge in [0.15, 0.2) is 0 Å². The van der Waals surface area contributed by atoms with Crippen molar-refractivity contribution in [3.05, 3.63) is 0 Å². The van der Waals surface area contributed by atoms with E-state index in [9.17, 15) is 9.59 Å². The van der Waals surface area contributed by atoms with Crippen LogP contribution in [-0.2, 0) is 9.59 Å². The second-order valence-electron chi connectivity index (χ2n) is 5.34. The van der Waals surface area contributed by atoms with Gasteiger partial charge in [-0.15, -0.1) is 0 Å². The lowest BCUT2D eigenvalue weighted by Crippen LogP contribution is -2.43. The van der Waals surface area contributed by atoms with Crippen LogP contribution in [-0.4, -0.2) is 40.5 Å².